The molecule has 6 heterocycles. The van der Waals surface area contributed by atoms with Crippen LogP contribution in [0.5, 0.6) is 0 Å². The third kappa shape index (κ3) is 2.72. The number of nitrogens with zero attached hydrogens (tertiary/aromatic N) is 2. The molecule has 13 aromatic rings. The molecule has 0 saturated carbocycles. The van der Waals surface area contributed by atoms with Crippen LogP contribution in [-0.4, -0.2) is 22.2 Å². The van der Waals surface area contributed by atoms with E-state index in [2.05, 4.69) is 167 Å². The Morgan fingerprint density at radius 1 is 0.268 bits per heavy atom. The lowest BCUT2D eigenvalue weighted by atomic mass is 9.22. The Labute approximate surface area is 320 Å². The van der Waals surface area contributed by atoms with Gasteiger partial charge in [0, 0.05) is 32.3 Å². The van der Waals surface area contributed by atoms with Crippen LogP contribution in [0.15, 0.2) is 158 Å². The highest BCUT2D eigenvalue weighted by atomic mass is 15.0. The van der Waals surface area contributed by atoms with Crippen molar-refractivity contribution in [1.29, 1.82) is 0 Å². The van der Waals surface area contributed by atoms with Crippen LogP contribution >= 0.6 is 0 Å². The summed E-state index contributed by atoms with van der Waals surface area (Å²) in [5.41, 5.74) is 22.3. The van der Waals surface area contributed by atoms with Gasteiger partial charge in [-0.25, -0.2) is 0 Å². The first-order chi connectivity index (χ1) is 27.9. The molecule has 0 N–H and O–H groups in total. The SMILES string of the molecule is c1ccc2c(c1)B1c3c-2ccc2c3B(c3ccccc3-2)c2c1c1cccc3c1c1c2cccc1c1c3n2c3ccccc3c3ccc4c5ccccc5n1c4c32. The number of para-hydroxylation sites is 2. The van der Waals surface area contributed by atoms with Crippen LogP contribution in [0, 0.1) is 0 Å². The molecule has 2 nitrogen and oxygen atoms in total. The maximum atomic E-state index is 2.63. The van der Waals surface area contributed by atoms with Gasteiger partial charge >= 0.3 is 0 Å². The molecule has 16 rings (SSSR count). The molecule has 0 aliphatic carbocycles. The highest BCUT2D eigenvalue weighted by Crippen LogP contribution is 2.47. The largest absolute Gasteiger partial charge is 0.304 e. The Kier molecular flexibility index (Phi) is 4.38. The molecule has 250 valence electrons. The first kappa shape index (κ1) is 27.5. The van der Waals surface area contributed by atoms with E-state index in [0.717, 1.165) is 0 Å². The van der Waals surface area contributed by atoms with Gasteiger partial charge in [0.1, 0.15) is 0 Å². The molecule has 0 fully saturated rings. The lowest BCUT2D eigenvalue weighted by Gasteiger charge is -2.32. The number of hydrogen-bond donors (Lipinski definition) is 0. The highest BCUT2D eigenvalue weighted by Gasteiger charge is 2.50. The van der Waals surface area contributed by atoms with Crippen molar-refractivity contribution in [2.24, 2.45) is 0 Å². The molecule has 3 aliphatic rings. The number of rotatable bonds is 0. The van der Waals surface area contributed by atoms with Crippen molar-refractivity contribution >= 4 is 133 Å². The van der Waals surface area contributed by atoms with E-state index >= 15 is 0 Å². The molecule has 0 radical (unpaired) electrons. The minimum atomic E-state index is 0.176. The number of hydrogen-bond acceptors (Lipinski definition) is 0. The average Bonchev–Trinajstić information content (AvgIpc) is 3.98. The second-order valence-corrected chi connectivity index (χ2v) is 16.6. The van der Waals surface area contributed by atoms with E-state index in [1.54, 1.807) is 0 Å². The van der Waals surface area contributed by atoms with E-state index in [-0.39, 0.29) is 13.4 Å². The third-order valence-electron chi connectivity index (χ3n) is 14.5. The topological polar surface area (TPSA) is 8.82 Å². The fraction of sp³-hybridized carbons (Fsp3) is 0. The van der Waals surface area contributed by atoms with Crippen molar-refractivity contribution < 1.29 is 0 Å². The van der Waals surface area contributed by atoms with Gasteiger partial charge in [0.15, 0.2) is 0 Å². The molecule has 10 aromatic carbocycles. The maximum absolute atomic E-state index is 2.63. The fourth-order valence-electron chi connectivity index (χ4n) is 12.7. The maximum Gasteiger partial charge on any atom is 0.242 e. The zero-order valence-corrected chi connectivity index (χ0v) is 30.1. The summed E-state index contributed by atoms with van der Waals surface area (Å²) < 4.78 is 5.27. The van der Waals surface area contributed by atoms with Crippen molar-refractivity contribution in [2.45, 2.75) is 0 Å². The van der Waals surface area contributed by atoms with E-state index in [1.165, 1.54) is 142 Å². The van der Waals surface area contributed by atoms with Crippen LogP contribution in [0.1, 0.15) is 0 Å². The van der Waals surface area contributed by atoms with Gasteiger partial charge in [-0.1, -0.05) is 178 Å². The molecule has 0 bridgehead atoms. The predicted molar refractivity (Wildman–Crippen MR) is 240 cm³/mol. The summed E-state index contributed by atoms with van der Waals surface area (Å²) in [6.45, 7) is 0.351. The van der Waals surface area contributed by atoms with Gasteiger partial charge in [-0.05, 0) is 55.9 Å². The standard InChI is InChI=1S/C52H26B2N2/c1-5-19-39-27(11-1)31-23-24-32-28-12-2-6-20-40(28)54-46(32)45(31)53(39)47-35-15-9-17-37-43(35)44-36(48(47)54)16-10-18-38(44)52-51(37)55-41-21-7-3-13-29(41)33-25-26-34-30-14-4-8-22-42(30)56(52)50(34)49(33)55/h1-26H. The van der Waals surface area contributed by atoms with Gasteiger partial charge in [0.25, 0.3) is 0 Å². The molecule has 0 spiro atoms. The summed E-state index contributed by atoms with van der Waals surface area (Å²) in [5.74, 6) is 0. The Morgan fingerprint density at radius 2 is 0.661 bits per heavy atom. The molecule has 0 saturated heterocycles. The third-order valence-corrected chi connectivity index (χ3v) is 14.5. The molecule has 56 heavy (non-hydrogen) atoms. The number of fused-ring (bicyclic) bond motifs is 22. The van der Waals surface area contributed by atoms with Crippen molar-refractivity contribution in [1.82, 2.24) is 8.80 Å². The smallest absolute Gasteiger partial charge is 0.242 e. The fourth-order valence-corrected chi connectivity index (χ4v) is 12.7. The van der Waals surface area contributed by atoms with E-state index in [9.17, 15) is 0 Å². The normalized spacial score (nSPS) is 14.0. The van der Waals surface area contributed by atoms with Gasteiger partial charge in [-0.3, -0.25) is 0 Å². The summed E-state index contributed by atoms with van der Waals surface area (Å²) in [6, 6.07) is 60.6. The summed E-state index contributed by atoms with van der Waals surface area (Å²) >= 11 is 0. The van der Waals surface area contributed by atoms with E-state index in [1.807, 2.05) is 0 Å². The lowest BCUT2D eigenvalue weighted by Crippen LogP contribution is -2.72. The van der Waals surface area contributed by atoms with Crippen LogP contribution in [0.25, 0.3) is 109 Å². The average molecular weight is 700 g/mol. The highest BCUT2D eigenvalue weighted by molar-refractivity contribution is 7.16. The minimum absolute atomic E-state index is 0.176. The quantitative estimate of drug-likeness (QED) is 0.0854. The Balaban J connectivity index is 1.23. The van der Waals surface area contributed by atoms with Crippen LogP contribution in [0.3, 0.4) is 0 Å². The lowest BCUT2D eigenvalue weighted by molar-refractivity contribution is 1.27. The number of benzene rings is 10. The van der Waals surface area contributed by atoms with Crippen molar-refractivity contribution in [2.75, 3.05) is 0 Å². The van der Waals surface area contributed by atoms with Gasteiger partial charge in [-0.15, -0.1) is 0 Å². The van der Waals surface area contributed by atoms with Crippen LogP contribution in [0.4, 0.5) is 0 Å². The second-order valence-electron chi connectivity index (χ2n) is 16.6. The Hall–Kier alpha value is -7.03. The Bertz CT molecular complexity index is 3760. The molecule has 0 unspecified atom stereocenters. The molecule has 0 amide bonds. The first-order valence-electron chi connectivity index (χ1n) is 19.9. The molecular weight excluding hydrogens is 674 g/mol. The van der Waals surface area contributed by atoms with Gasteiger partial charge in [0.2, 0.25) is 13.4 Å². The second kappa shape index (κ2) is 8.91. The zero-order chi connectivity index (χ0) is 35.7. The summed E-state index contributed by atoms with van der Waals surface area (Å²) in [7, 11) is 0. The molecular formula is C52H26B2N2. The molecule has 0 atom stereocenters. The monoisotopic (exact) mass is 700 g/mol. The van der Waals surface area contributed by atoms with E-state index < -0.39 is 0 Å². The molecule has 3 aliphatic heterocycles. The summed E-state index contributed by atoms with van der Waals surface area (Å²) in [6.07, 6.45) is 0. The molecule has 3 aromatic heterocycles. The van der Waals surface area contributed by atoms with Crippen LogP contribution < -0.4 is 32.8 Å². The minimum Gasteiger partial charge on any atom is -0.304 e. The van der Waals surface area contributed by atoms with Crippen molar-refractivity contribution in [3.05, 3.63) is 158 Å². The van der Waals surface area contributed by atoms with Crippen molar-refractivity contribution in [3.8, 4) is 22.3 Å². The summed E-state index contributed by atoms with van der Waals surface area (Å²) in [5, 5.41) is 13.5. The molecule has 4 heteroatoms. The van der Waals surface area contributed by atoms with Crippen LogP contribution in [0.2, 0.25) is 0 Å². The Morgan fingerprint density at radius 3 is 1.16 bits per heavy atom. The van der Waals surface area contributed by atoms with E-state index in [4.69, 9.17) is 0 Å². The van der Waals surface area contributed by atoms with E-state index in [0.29, 0.717) is 0 Å². The zero-order valence-electron chi connectivity index (χ0n) is 30.1. The van der Waals surface area contributed by atoms with Gasteiger partial charge in [-0.2, -0.15) is 0 Å². The van der Waals surface area contributed by atoms with Crippen LogP contribution in [-0.2, 0) is 0 Å². The van der Waals surface area contributed by atoms with Gasteiger partial charge < -0.3 is 8.80 Å². The summed E-state index contributed by atoms with van der Waals surface area (Å²) in [4.78, 5) is 0. The van der Waals surface area contributed by atoms with Crippen molar-refractivity contribution in [3.63, 3.8) is 0 Å². The van der Waals surface area contributed by atoms with Gasteiger partial charge in [0.05, 0.1) is 33.1 Å². The number of aromatic nitrogens is 2. The first-order valence-corrected chi connectivity index (χ1v) is 19.9. The predicted octanol–water partition coefficient (Wildman–Crippen LogP) is 8.45.